The summed E-state index contributed by atoms with van der Waals surface area (Å²) >= 11 is 0. The lowest BCUT2D eigenvalue weighted by molar-refractivity contribution is -0.528. The van der Waals surface area contributed by atoms with E-state index >= 15 is 0 Å². The van der Waals surface area contributed by atoms with E-state index in [9.17, 15) is 13.2 Å². The van der Waals surface area contributed by atoms with E-state index in [1.54, 1.807) is 13.2 Å². The Morgan fingerprint density at radius 1 is 1.23 bits per heavy atom. The summed E-state index contributed by atoms with van der Waals surface area (Å²) in [5.74, 6) is 0.195. The number of hydrogen-bond acceptors (Lipinski definition) is 3. The summed E-state index contributed by atoms with van der Waals surface area (Å²) in [6, 6.07) is 4.12. The van der Waals surface area contributed by atoms with Crippen LogP contribution in [0.15, 0.2) is 29.3 Å². The van der Waals surface area contributed by atoms with Crippen molar-refractivity contribution in [2.45, 2.75) is 71.5 Å². The number of aliphatic imine (C=N–C) groups is 1. The molecule has 1 heterocycles. The first-order valence-electron chi connectivity index (χ1n) is 12.4. The molecule has 1 aliphatic heterocycles. The van der Waals surface area contributed by atoms with Crippen molar-refractivity contribution in [1.29, 1.82) is 0 Å². The Morgan fingerprint density at radius 2 is 1.94 bits per heavy atom. The maximum atomic E-state index is 13.9. The lowest BCUT2D eigenvalue weighted by atomic mass is 9.94. The number of allylic oxidation sites excluding steroid dienone is 1. The highest BCUT2D eigenvalue weighted by Gasteiger charge is 2.35. The number of nitrogens with two attached hydrogens (primary N) is 2. The molecule has 0 saturated carbocycles. The van der Waals surface area contributed by atoms with Gasteiger partial charge in [-0.2, -0.15) is 13.2 Å². The molecular weight excluding hydrogens is 457 g/mol. The number of hydrogen-bond donors (Lipinski definition) is 2. The third kappa shape index (κ3) is 7.98. The van der Waals surface area contributed by atoms with Gasteiger partial charge in [-0.15, -0.1) is 0 Å². The molecule has 196 valence electrons. The largest absolute Gasteiger partial charge is 0.493 e. The van der Waals surface area contributed by atoms with Crippen LogP contribution in [-0.4, -0.2) is 49.2 Å². The molecule has 2 rings (SSSR count). The minimum Gasteiger partial charge on any atom is -0.493 e. The molecule has 1 aliphatic rings. The number of alkyl halides is 3. The normalized spacial score (nSPS) is 18.1. The Bertz CT molecular complexity index is 922. The van der Waals surface area contributed by atoms with Gasteiger partial charge in [-0.05, 0) is 62.6 Å². The summed E-state index contributed by atoms with van der Waals surface area (Å²) in [5.41, 5.74) is 12.9. The van der Waals surface area contributed by atoms with Crippen LogP contribution in [0.4, 0.5) is 13.2 Å². The number of methoxy groups -OCH3 is 1. The molecule has 1 aromatic carbocycles. The summed E-state index contributed by atoms with van der Waals surface area (Å²) in [6.07, 6.45) is 1.89. The van der Waals surface area contributed by atoms with Gasteiger partial charge in [0.15, 0.2) is 0 Å². The highest BCUT2D eigenvalue weighted by atomic mass is 19.4. The van der Waals surface area contributed by atoms with E-state index in [0.29, 0.717) is 30.7 Å². The summed E-state index contributed by atoms with van der Waals surface area (Å²) in [7, 11) is 1.59. The van der Waals surface area contributed by atoms with E-state index in [2.05, 4.69) is 13.8 Å². The average molecular weight is 498 g/mol. The van der Waals surface area contributed by atoms with Crippen LogP contribution in [-0.2, 0) is 10.9 Å². The molecule has 35 heavy (non-hydrogen) atoms. The molecule has 0 aromatic heterocycles. The van der Waals surface area contributed by atoms with E-state index in [-0.39, 0.29) is 30.3 Å². The standard InChI is InChI=1S/C26H39F3N4O2/c1-5-10-21(32-24(18(3)6-2)22-11-9-14-33(22)25(30)31)19-12-13-23(20(17-19)26(27,28)29)35-16-8-7-15-34-4/h10,12-13,17-18,22H,5-9,11,14-16H2,1-4H3,(H3,30,31)/p+1/b21-10-,32-24?. The van der Waals surface area contributed by atoms with Crippen molar-refractivity contribution >= 4 is 17.4 Å². The van der Waals surface area contributed by atoms with Gasteiger partial charge in [0, 0.05) is 19.3 Å². The molecule has 0 bridgehead atoms. The molecule has 2 atom stereocenters. The van der Waals surface area contributed by atoms with Gasteiger partial charge in [-0.25, -0.2) is 0 Å². The first-order chi connectivity index (χ1) is 16.6. The molecular formula is C26H40F3N4O2+. The second-order valence-corrected chi connectivity index (χ2v) is 8.88. The number of halogens is 3. The molecule has 1 aromatic rings. The zero-order chi connectivity index (χ0) is 26.0. The van der Waals surface area contributed by atoms with Crippen molar-refractivity contribution in [3.8, 4) is 5.75 Å². The van der Waals surface area contributed by atoms with Crippen molar-refractivity contribution in [2.75, 3.05) is 26.9 Å². The van der Waals surface area contributed by atoms with Crippen molar-refractivity contribution < 1.29 is 27.2 Å². The van der Waals surface area contributed by atoms with E-state index in [1.165, 1.54) is 6.07 Å². The van der Waals surface area contributed by atoms with Gasteiger partial charge in [-0.1, -0.05) is 26.8 Å². The van der Waals surface area contributed by atoms with Crippen molar-refractivity contribution in [3.05, 3.63) is 35.4 Å². The molecule has 4 N–H and O–H groups in total. The number of guanidine groups is 1. The van der Waals surface area contributed by atoms with E-state index in [4.69, 9.17) is 25.9 Å². The van der Waals surface area contributed by atoms with Gasteiger partial charge in [0.1, 0.15) is 11.8 Å². The minimum absolute atomic E-state index is 0.0630. The maximum absolute atomic E-state index is 13.9. The Kier molecular flexibility index (Phi) is 11.1. The first kappa shape index (κ1) is 28.7. The van der Waals surface area contributed by atoms with Crippen LogP contribution in [0, 0.1) is 5.92 Å². The summed E-state index contributed by atoms with van der Waals surface area (Å²) in [4.78, 5) is 4.96. The topological polar surface area (TPSA) is 85.9 Å². The molecule has 2 unspecified atom stereocenters. The van der Waals surface area contributed by atoms with Gasteiger partial charge < -0.3 is 9.47 Å². The summed E-state index contributed by atoms with van der Waals surface area (Å²) < 4.78 is 54.3. The van der Waals surface area contributed by atoms with Gasteiger partial charge in [0.25, 0.3) is 0 Å². The van der Waals surface area contributed by atoms with Gasteiger partial charge in [0.05, 0.1) is 30.1 Å². The van der Waals surface area contributed by atoms with Crippen LogP contribution < -0.4 is 16.2 Å². The predicted octanol–water partition coefficient (Wildman–Crippen LogP) is 5.20. The monoisotopic (exact) mass is 497 g/mol. The maximum Gasteiger partial charge on any atom is 0.419 e. The number of benzene rings is 1. The number of ether oxygens (including phenoxy) is 2. The third-order valence-corrected chi connectivity index (χ3v) is 6.27. The van der Waals surface area contributed by atoms with Crippen LogP contribution in [0.2, 0.25) is 0 Å². The fourth-order valence-corrected chi connectivity index (χ4v) is 4.23. The minimum atomic E-state index is -4.55. The second-order valence-electron chi connectivity index (χ2n) is 8.88. The molecule has 0 aliphatic carbocycles. The van der Waals surface area contributed by atoms with Crippen LogP contribution in [0.5, 0.6) is 5.75 Å². The number of unbranched alkanes of at least 4 members (excludes halogenated alkanes) is 1. The highest BCUT2D eigenvalue weighted by Crippen LogP contribution is 2.38. The summed E-state index contributed by atoms with van der Waals surface area (Å²) in [5, 5.41) is 0. The highest BCUT2D eigenvalue weighted by molar-refractivity contribution is 5.95. The van der Waals surface area contributed by atoms with Crippen LogP contribution >= 0.6 is 0 Å². The molecule has 6 nitrogen and oxygen atoms in total. The zero-order valence-electron chi connectivity index (χ0n) is 21.3. The average Bonchev–Trinajstić information content (AvgIpc) is 3.30. The van der Waals surface area contributed by atoms with Crippen LogP contribution in [0.1, 0.15) is 70.4 Å². The molecule has 0 radical (unpaired) electrons. The predicted molar refractivity (Wildman–Crippen MR) is 135 cm³/mol. The van der Waals surface area contributed by atoms with Crippen LogP contribution in [0.3, 0.4) is 0 Å². The molecule has 9 heteroatoms. The Morgan fingerprint density at radius 3 is 2.54 bits per heavy atom. The lowest BCUT2D eigenvalue weighted by Crippen LogP contribution is -2.43. The first-order valence-corrected chi connectivity index (χ1v) is 12.4. The molecule has 1 fully saturated rings. The quantitative estimate of drug-likeness (QED) is 0.180. The van der Waals surface area contributed by atoms with Crippen molar-refractivity contribution in [1.82, 2.24) is 0 Å². The summed E-state index contributed by atoms with van der Waals surface area (Å²) in [6.45, 7) is 7.56. The Labute approximate surface area is 206 Å². The number of nitrogens with zero attached hydrogens (tertiary/aromatic N) is 2. The van der Waals surface area contributed by atoms with Gasteiger partial charge in [0.2, 0.25) is 0 Å². The molecule has 1 saturated heterocycles. The third-order valence-electron chi connectivity index (χ3n) is 6.27. The fourth-order valence-electron chi connectivity index (χ4n) is 4.23. The van der Waals surface area contributed by atoms with Crippen molar-refractivity contribution in [3.63, 3.8) is 0 Å². The molecule has 0 amide bonds. The fraction of sp³-hybridized carbons (Fsp3) is 0.615. The second kappa shape index (κ2) is 13.5. The Hall–Kier alpha value is -2.55. The van der Waals surface area contributed by atoms with Crippen molar-refractivity contribution in [2.24, 2.45) is 22.4 Å². The zero-order valence-corrected chi connectivity index (χ0v) is 21.3. The SMILES string of the molecule is CC/C=C(\N=C(C(C)CC)C1CCC[N+]1=C(N)N)c1ccc(OCCCCOC)c(C(F)(F)F)c1. The lowest BCUT2D eigenvalue weighted by Gasteiger charge is -2.22. The van der Waals surface area contributed by atoms with Crippen LogP contribution in [0.25, 0.3) is 5.70 Å². The smallest absolute Gasteiger partial charge is 0.419 e. The van der Waals surface area contributed by atoms with E-state index in [0.717, 1.165) is 44.0 Å². The van der Waals surface area contributed by atoms with Gasteiger partial charge in [-0.3, -0.25) is 21.0 Å². The Balaban J connectivity index is 2.47. The van der Waals surface area contributed by atoms with Gasteiger partial charge >= 0.3 is 12.1 Å². The van der Waals surface area contributed by atoms with E-state index < -0.39 is 11.7 Å². The molecule has 0 spiro atoms. The van der Waals surface area contributed by atoms with E-state index in [1.807, 2.05) is 17.6 Å². The number of rotatable bonds is 12.